The van der Waals surface area contributed by atoms with Crippen molar-refractivity contribution in [2.45, 2.75) is 277 Å². The van der Waals surface area contributed by atoms with Crippen molar-refractivity contribution in [2.75, 3.05) is 13.2 Å². The van der Waals surface area contributed by atoms with Gasteiger partial charge in [-0.1, -0.05) is 217 Å². The fraction of sp³-hybridized carbons (Fsp3) is 0.804. The molecule has 0 heterocycles. The molecule has 1 unspecified atom stereocenters. The number of carbonyl (C=O) groups excluding carboxylic acids is 3. The van der Waals surface area contributed by atoms with Crippen LogP contribution in [0, 0.1) is 0 Å². The van der Waals surface area contributed by atoms with Crippen LogP contribution in [-0.4, -0.2) is 37.2 Å². The molecule has 0 saturated carbocycles. The Hall–Kier alpha value is -2.63. The van der Waals surface area contributed by atoms with Gasteiger partial charge in [0.15, 0.2) is 6.10 Å². The molecular weight excluding hydrogens is 769 g/mol. The van der Waals surface area contributed by atoms with E-state index in [1.807, 2.05) is 0 Å². The van der Waals surface area contributed by atoms with Gasteiger partial charge in [-0.25, -0.2) is 0 Å². The Kier molecular flexibility index (Phi) is 48.8. The molecule has 0 aliphatic carbocycles. The van der Waals surface area contributed by atoms with Crippen LogP contribution in [0.5, 0.6) is 0 Å². The van der Waals surface area contributed by atoms with Crippen molar-refractivity contribution in [3.8, 4) is 0 Å². The largest absolute Gasteiger partial charge is 0.462 e. The van der Waals surface area contributed by atoms with E-state index in [0.29, 0.717) is 19.3 Å². The molecule has 0 aliphatic rings. The predicted molar refractivity (Wildman–Crippen MR) is 265 cm³/mol. The third-order valence-corrected chi connectivity index (χ3v) is 11.6. The van der Waals surface area contributed by atoms with E-state index in [2.05, 4.69) is 69.4 Å². The Bertz CT molecular complexity index is 1090. The summed E-state index contributed by atoms with van der Waals surface area (Å²) in [6, 6.07) is 0. The lowest BCUT2D eigenvalue weighted by molar-refractivity contribution is -0.167. The molecule has 0 aromatic rings. The molecule has 0 saturated heterocycles. The highest BCUT2D eigenvalue weighted by Crippen LogP contribution is 2.14. The van der Waals surface area contributed by atoms with Gasteiger partial charge in [-0.15, -0.1) is 0 Å². The summed E-state index contributed by atoms with van der Waals surface area (Å²) in [6.45, 7) is 6.58. The van der Waals surface area contributed by atoms with Crippen LogP contribution in [0.1, 0.15) is 271 Å². The average Bonchev–Trinajstić information content (AvgIpc) is 3.27. The lowest BCUT2D eigenvalue weighted by Gasteiger charge is -2.18. The number of hydrogen-bond donors (Lipinski definition) is 0. The maximum absolute atomic E-state index is 12.8. The second kappa shape index (κ2) is 51.0. The van der Waals surface area contributed by atoms with Crippen molar-refractivity contribution in [3.05, 3.63) is 48.6 Å². The minimum atomic E-state index is -0.778. The van der Waals surface area contributed by atoms with E-state index in [4.69, 9.17) is 14.2 Å². The summed E-state index contributed by atoms with van der Waals surface area (Å²) in [4.78, 5) is 37.8. The lowest BCUT2D eigenvalue weighted by Crippen LogP contribution is -2.30. The zero-order valence-corrected chi connectivity index (χ0v) is 41.1. The van der Waals surface area contributed by atoms with Gasteiger partial charge in [0, 0.05) is 19.3 Å². The van der Waals surface area contributed by atoms with Gasteiger partial charge >= 0.3 is 17.9 Å². The molecule has 360 valence electrons. The SMILES string of the molecule is CCCCCCC/C=C\C/C=C\C/C=C\CCCCCCCCC(=O)OCC(COC(=O)CCCCCCCCC)OC(=O)CCCCCCC/C=C\CCCCCCCCC. The lowest BCUT2D eigenvalue weighted by atomic mass is 10.1. The van der Waals surface area contributed by atoms with E-state index in [9.17, 15) is 14.4 Å². The summed E-state index contributed by atoms with van der Waals surface area (Å²) in [5.41, 5.74) is 0. The second-order valence-corrected chi connectivity index (χ2v) is 17.8. The third kappa shape index (κ3) is 48.4. The highest BCUT2D eigenvalue weighted by Gasteiger charge is 2.19. The smallest absolute Gasteiger partial charge is 0.306 e. The molecule has 0 rings (SSSR count). The number of rotatable bonds is 48. The van der Waals surface area contributed by atoms with Crippen LogP contribution in [0.4, 0.5) is 0 Å². The molecule has 0 spiro atoms. The van der Waals surface area contributed by atoms with Crippen LogP contribution in [0.3, 0.4) is 0 Å². The number of carbonyl (C=O) groups is 3. The number of hydrogen-bond acceptors (Lipinski definition) is 6. The molecule has 0 aromatic heterocycles. The molecule has 62 heavy (non-hydrogen) atoms. The maximum atomic E-state index is 12.8. The molecule has 0 aromatic carbocycles. The van der Waals surface area contributed by atoms with E-state index in [0.717, 1.165) is 89.9 Å². The molecule has 0 fully saturated rings. The standard InChI is InChI=1S/C56H100O6/c1-4-7-10-13-16-18-20-22-24-26-27-28-29-30-32-33-35-37-40-43-46-49-55(58)61-52-53(51-60-54(57)48-45-42-39-15-12-9-6-3)62-56(59)50-47-44-41-38-36-34-31-25-23-21-19-17-14-11-8-5-2/h20,22,25-27,29-31,53H,4-19,21,23-24,28,32-52H2,1-3H3/b22-20-,27-26-,30-29-,31-25-. The van der Waals surface area contributed by atoms with Crippen LogP contribution < -0.4 is 0 Å². The molecule has 0 bridgehead atoms. The summed E-state index contributed by atoms with van der Waals surface area (Å²) in [7, 11) is 0. The van der Waals surface area contributed by atoms with E-state index < -0.39 is 6.10 Å². The quantitative estimate of drug-likeness (QED) is 0.0262. The number of esters is 3. The van der Waals surface area contributed by atoms with Crippen LogP contribution in [0.15, 0.2) is 48.6 Å². The minimum Gasteiger partial charge on any atom is -0.462 e. The van der Waals surface area contributed by atoms with Crippen LogP contribution in [0.2, 0.25) is 0 Å². The summed E-state index contributed by atoms with van der Waals surface area (Å²) in [5.74, 6) is -0.901. The Balaban J connectivity index is 4.26. The Morgan fingerprint density at radius 3 is 0.919 bits per heavy atom. The average molecular weight is 869 g/mol. The predicted octanol–water partition coefficient (Wildman–Crippen LogP) is 17.5. The first-order valence-corrected chi connectivity index (χ1v) is 26.6. The summed E-state index contributed by atoms with van der Waals surface area (Å²) >= 11 is 0. The molecule has 0 radical (unpaired) electrons. The summed E-state index contributed by atoms with van der Waals surface area (Å²) in [6.07, 6.45) is 61.1. The number of unbranched alkanes of at least 4 members (excludes halogenated alkanes) is 29. The second-order valence-electron chi connectivity index (χ2n) is 17.8. The first kappa shape index (κ1) is 59.4. The normalized spacial score (nSPS) is 12.4. The van der Waals surface area contributed by atoms with E-state index in [1.165, 1.54) is 141 Å². The molecule has 6 nitrogen and oxygen atoms in total. The van der Waals surface area contributed by atoms with Gasteiger partial charge in [0.05, 0.1) is 0 Å². The van der Waals surface area contributed by atoms with E-state index in [-0.39, 0.29) is 31.1 Å². The van der Waals surface area contributed by atoms with Crippen LogP contribution >= 0.6 is 0 Å². The third-order valence-electron chi connectivity index (χ3n) is 11.6. The number of allylic oxidation sites excluding steroid dienone is 8. The Morgan fingerprint density at radius 1 is 0.323 bits per heavy atom. The minimum absolute atomic E-state index is 0.0797. The van der Waals surface area contributed by atoms with E-state index >= 15 is 0 Å². The fourth-order valence-corrected chi connectivity index (χ4v) is 7.50. The van der Waals surface area contributed by atoms with E-state index in [1.54, 1.807) is 0 Å². The van der Waals surface area contributed by atoms with Gasteiger partial charge in [-0.3, -0.25) is 14.4 Å². The van der Waals surface area contributed by atoms with Gasteiger partial charge in [0.1, 0.15) is 13.2 Å². The molecule has 6 heteroatoms. The van der Waals surface area contributed by atoms with Crippen molar-refractivity contribution in [2.24, 2.45) is 0 Å². The molecule has 1 atom stereocenters. The molecule has 0 amide bonds. The van der Waals surface area contributed by atoms with Crippen LogP contribution in [0.25, 0.3) is 0 Å². The molecular formula is C56H100O6. The topological polar surface area (TPSA) is 78.9 Å². The van der Waals surface area contributed by atoms with Gasteiger partial charge in [0.25, 0.3) is 0 Å². The van der Waals surface area contributed by atoms with Gasteiger partial charge in [-0.05, 0) is 83.5 Å². The highest BCUT2D eigenvalue weighted by molar-refractivity contribution is 5.71. The maximum Gasteiger partial charge on any atom is 0.306 e. The fourth-order valence-electron chi connectivity index (χ4n) is 7.50. The zero-order chi connectivity index (χ0) is 45.1. The highest BCUT2D eigenvalue weighted by atomic mass is 16.6. The van der Waals surface area contributed by atoms with Gasteiger partial charge in [-0.2, -0.15) is 0 Å². The number of ether oxygens (including phenoxy) is 3. The monoisotopic (exact) mass is 869 g/mol. The van der Waals surface area contributed by atoms with Crippen LogP contribution in [-0.2, 0) is 28.6 Å². The molecule has 0 N–H and O–H groups in total. The molecule has 0 aliphatic heterocycles. The Labute approximate surface area is 384 Å². The first-order chi connectivity index (χ1) is 30.5. The van der Waals surface area contributed by atoms with Gasteiger partial charge < -0.3 is 14.2 Å². The zero-order valence-electron chi connectivity index (χ0n) is 41.1. The Morgan fingerprint density at radius 2 is 0.581 bits per heavy atom. The summed E-state index contributed by atoms with van der Waals surface area (Å²) < 4.78 is 16.7. The van der Waals surface area contributed by atoms with Gasteiger partial charge in [0.2, 0.25) is 0 Å². The summed E-state index contributed by atoms with van der Waals surface area (Å²) in [5, 5.41) is 0. The van der Waals surface area contributed by atoms with Crippen molar-refractivity contribution in [1.29, 1.82) is 0 Å². The first-order valence-electron chi connectivity index (χ1n) is 26.6. The van der Waals surface area contributed by atoms with Crippen molar-refractivity contribution in [1.82, 2.24) is 0 Å². The van der Waals surface area contributed by atoms with Crippen molar-refractivity contribution >= 4 is 17.9 Å². The van der Waals surface area contributed by atoms with Crippen molar-refractivity contribution in [3.63, 3.8) is 0 Å². The van der Waals surface area contributed by atoms with Crippen molar-refractivity contribution < 1.29 is 28.6 Å².